The quantitative estimate of drug-likeness (QED) is 0.915. The number of benzene rings is 1. The first kappa shape index (κ1) is 15.4. The van der Waals surface area contributed by atoms with Crippen molar-refractivity contribution in [1.29, 1.82) is 0 Å². The van der Waals surface area contributed by atoms with Crippen molar-refractivity contribution < 1.29 is 8.78 Å². The first-order valence-corrected chi connectivity index (χ1v) is 7.04. The van der Waals surface area contributed by atoms with Crippen LogP contribution in [0.25, 0.3) is 0 Å². The van der Waals surface area contributed by atoms with Crippen molar-refractivity contribution in [2.45, 2.75) is 25.9 Å². The van der Waals surface area contributed by atoms with Gasteiger partial charge in [0.15, 0.2) is 0 Å². The molecule has 2 N–H and O–H groups in total. The molecule has 5 heteroatoms. The van der Waals surface area contributed by atoms with Gasteiger partial charge in [-0.05, 0) is 19.9 Å². The van der Waals surface area contributed by atoms with Gasteiger partial charge in [0.2, 0.25) is 0 Å². The van der Waals surface area contributed by atoms with Gasteiger partial charge in [-0.15, -0.1) is 0 Å². The lowest BCUT2D eigenvalue weighted by Crippen LogP contribution is -2.57. The van der Waals surface area contributed by atoms with Gasteiger partial charge < -0.3 is 5.73 Å². The summed E-state index contributed by atoms with van der Waals surface area (Å²) in [6, 6.07) is 3.79. The fraction of sp³-hybridized carbons (Fsp3) is 0.600. The molecule has 0 saturated carbocycles. The summed E-state index contributed by atoms with van der Waals surface area (Å²) in [7, 11) is 0. The van der Waals surface area contributed by atoms with Crippen molar-refractivity contribution in [3.63, 3.8) is 0 Å². The summed E-state index contributed by atoms with van der Waals surface area (Å²) in [6.07, 6.45) is 0. The van der Waals surface area contributed by atoms with Gasteiger partial charge in [-0.25, -0.2) is 8.78 Å². The van der Waals surface area contributed by atoms with Crippen molar-refractivity contribution in [1.82, 2.24) is 9.80 Å². The van der Waals surface area contributed by atoms with Crippen LogP contribution in [0.5, 0.6) is 0 Å². The molecule has 20 heavy (non-hydrogen) atoms. The van der Waals surface area contributed by atoms with Crippen LogP contribution in [0.1, 0.15) is 19.4 Å². The van der Waals surface area contributed by atoms with Gasteiger partial charge in [0.25, 0.3) is 0 Å². The van der Waals surface area contributed by atoms with E-state index in [1.807, 2.05) is 0 Å². The zero-order chi connectivity index (χ0) is 14.8. The molecule has 1 aromatic carbocycles. The zero-order valence-corrected chi connectivity index (χ0v) is 12.2. The second kappa shape index (κ2) is 6.16. The van der Waals surface area contributed by atoms with Crippen molar-refractivity contribution in [3.8, 4) is 0 Å². The number of piperazine rings is 1. The molecule has 0 spiro atoms. The number of nitrogens with two attached hydrogens (primary N) is 1. The van der Waals surface area contributed by atoms with Gasteiger partial charge in [-0.3, -0.25) is 9.80 Å². The van der Waals surface area contributed by atoms with E-state index < -0.39 is 11.6 Å². The Morgan fingerprint density at radius 3 is 2.35 bits per heavy atom. The summed E-state index contributed by atoms with van der Waals surface area (Å²) in [5.74, 6) is -0.990. The van der Waals surface area contributed by atoms with Crippen LogP contribution < -0.4 is 5.73 Å². The Morgan fingerprint density at radius 1 is 1.15 bits per heavy atom. The molecular weight excluding hydrogens is 260 g/mol. The van der Waals surface area contributed by atoms with E-state index in [9.17, 15) is 8.78 Å². The molecule has 1 aromatic rings. The Balaban J connectivity index is 1.91. The molecule has 3 nitrogen and oxygen atoms in total. The lowest BCUT2D eigenvalue weighted by Gasteiger charge is -2.43. The van der Waals surface area contributed by atoms with Crippen LogP contribution in [-0.2, 0) is 6.54 Å². The highest BCUT2D eigenvalue weighted by Crippen LogP contribution is 2.18. The highest BCUT2D eigenvalue weighted by molar-refractivity contribution is 5.18. The van der Waals surface area contributed by atoms with Gasteiger partial charge in [-0.2, -0.15) is 0 Å². The molecule has 0 aliphatic carbocycles. The molecule has 0 amide bonds. The zero-order valence-electron chi connectivity index (χ0n) is 12.2. The van der Waals surface area contributed by atoms with Gasteiger partial charge >= 0.3 is 0 Å². The highest BCUT2D eigenvalue weighted by Gasteiger charge is 2.28. The average Bonchev–Trinajstić information content (AvgIpc) is 2.42. The molecule has 0 aromatic heterocycles. The monoisotopic (exact) mass is 283 g/mol. The SMILES string of the molecule is CC(C)(CN)N1CCN(Cc2ccc(F)cc2F)CC1. The van der Waals surface area contributed by atoms with Crippen LogP contribution in [-0.4, -0.2) is 48.1 Å². The van der Waals surface area contributed by atoms with E-state index in [0.717, 1.165) is 32.2 Å². The molecule has 0 radical (unpaired) electrons. The van der Waals surface area contributed by atoms with Crippen LogP contribution in [0, 0.1) is 11.6 Å². The summed E-state index contributed by atoms with van der Waals surface area (Å²) in [4.78, 5) is 4.56. The molecule has 2 rings (SSSR count). The van der Waals surface area contributed by atoms with Crippen molar-refractivity contribution >= 4 is 0 Å². The summed E-state index contributed by atoms with van der Waals surface area (Å²) in [5.41, 5.74) is 6.35. The molecule has 0 atom stereocenters. The van der Waals surface area contributed by atoms with Gasteiger partial charge in [0, 0.05) is 56.4 Å². The van der Waals surface area contributed by atoms with Crippen molar-refractivity contribution in [2.24, 2.45) is 5.73 Å². The van der Waals surface area contributed by atoms with Crippen LogP contribution in [0.2, 0.25) is 0 Å². The lowest BCUT2D eigenvalue weighted by molar-refractivity contribution is 0.0533. The predicted molar refractivity (Wildman–Crippen MR) is 76.3 cm³/mol. The first-order valence-electron chi connectivity index (χ1n) is 7.04. The van der Waals surface area contributed by atoms with E-state index >= 15 is 0 Å². The van der Waals surface area contributed by atoms with E-state index in [1.165, 1.54) is 12.1 Å². The fourth-order valence-corrected chi connectivity index (χ4v) is 2.53. The number of hydrogen-bond acceptors (Lipinski definition) is 3. The predicted octanol–water partition coefficient (Wildman–Crippen LogP) is 1.82. The minimum Gasteiger partial charge on any atom is -0.329 e. The highest BCUT2D eigenvalue weighted by atomic mass is 19.1. The third kappa shape index (κ3) is 3.53. The van der Waals surface area contributed by atoms with E-state index in [1.54, 1.807) is 0 Å². The van der Waals surface area contributed by atoms with Crippen LogP contribution in [0.4, 0.5) is 8.78 Å². The summed E-state index contributed by atoms with van der Waals surface area (Å²) < 4.78 is 26.5. The maximum absolute atomic E-state index is 13.6. The number of halogens is 2. The van der Waals surface area contributed by atoms with Gasteiger partial charge in [0.1, 0.15) is 11.6 Å². The first-order chi connectivity index (χ1) is 9.42. The van der Waals surface area contributed by atoms with E-state index in [0.29, 0.717) is 18.7 Å². The second-order valence-corrected chi connectivity index (χ2v) is 6.02. The molecule has 1 saturated heterocycles. The van der Waals surface area contributed by atoms with Gasteiger partial charge in [-0.1, -0.05) is 6.07 Å². The van der Waals surface area contributed by atoms with Gasteiger partial charge in [0.05, 0.1) is 0 Å². The Bertz CT molecular complexity index is 454. The largest absolute Gasteiger partial charge is 0.329 e. The van der Waals surface area contributed by atoms with Crippen LogP contribution in [0.3, 0.4) is 0 Å². The molecule has 1 aliphatic heterocycles. The van der Waals surface area contributed by atoms with E-state index in [-0.39, 0.29) is 5.54 Å². The Kier molecular flexibility index (Phi) is 4.73. The van der Waals surface area contributed by atoms with E-state index in [2.05, 4.69) is 23.6 Å². The maximum atomic E-state index is 13.6. The van der Waals surface area contributed by atoms with E-state index in [4.69, 9.17) is 5.73 Å². The minimum absolute atomic E-state index is 0.00716. The summed E-state index contributed by atoms with van der Waals surface area (Å²) in [6.45, 7) is 9.04. The number of rotatable bonds is 4. The third-order valence-corrected chi connectivity index (χ3v) is 4.14. The summed E-state index contributed by atoms with van der Waals surface area (Å²) in [5, 5.41) is 0. The van der Waals surface area contributed by atoms with Crippen LogP contribution in [0.15, 0.2) is 18.2 Å². The molecule has 1 fully saturated rings. The fourth-order valence-electron chi connectivity index (χ4n) is 2.53. The molecule has 112 valence electrons. The smallest absolute Gasteiger partial charge is 0.130 e. The third-order valence-electron chi connectivity index (χ3n) is 4.14. The number of nitrogens with zero attached hydrogens (tertiary/aromatic N) is 2. The Labute approximate surface area is 119 Å². The summed E-state index contributed by atoms with van der Waals surface area (Å²) >= 11 is 0. The lowest BCUT2D eigenvalue weighted by atomic mass is 10.0. The Hall–Kier alpha value is -1.04. The Morgan fingerprint density at radius 2 is 1.80 bits per heavy atom. The molecule has 1 aliphatic rings. The number of hydrogen-bond donors (Lipinski definition) is 1. The standard InChI is InChI=1S/C15H23F2N3/c1-15(2,11-18)20-7-5-19(6-8-20)10-12-3-4-13(16)9-14(12)17/h3-4,9H,5-8,10-11,18H2,1-2H3. The van der Waals surface area contributed by atoms with Crippen molar-refractivity contribution in [3.05, 3.63) is 35.4 Å². The van der Waals surface area contributed by atoms with Crippen molar-refractivity contribution in [2.75, 3.05) is 32.7 Å². The second-order valence-electron chi connectivity index (χ2n) is 6.02. The molecule has 0 bridgehead atoms. The minimum atomic E-state index is -0.527. The molecule has 1 heterocycles. The maximum Gasteiger partial charge on any atom is 0.130 e. The molecule has 0 unspecified atom stereocenters. The normalized spacial score (nSPS) is 18.4. The average molecular weight is 283 g/mol. The van der Waals surface area contributed by atoms with Crippen LogP contribution >= 0.6 is 0 Å². The topological polar surface area (TPSA) is 32.5 Å². The molecular formula is C15H23F2N3.